The maximum Gasteiger partial charge on any atom is 0.268 e. The molecule has 0 saturated carbocycles. The summed E-state index contributed by atoms with van der Waals surface area (Å²) in [5, 5.41) is 3.27. The molecule has 2 aromatic heterocycles. The molecule has 0 bridgehead atoms. The van der Waals surface area contributed by atoms with Crippen LogP contribution in [0.1, 0.15) is 17.8 Å². The third kappa shape index (κ3) is 6.80. The van der Waals surface area contributed by atoms with E-state index in [1.165, 1.54) is 11.3 Å². The van der Waals surface area contributed by atoms with Gasteiger partial charge in [0.15, 0.2) is 12.3 Å². The molecule has 3 heterocycles. The molecule has 0 saturated heterocycles. The number of fused-ring (bicyclic) bond motifs is 2. The third-order valence-electron chi connectivity index (χ3n) is 6.04. The molecule has 0 fully saturated rings. The number of hydrogen-bond donors (Lipinski definition) is 2. The van der Waals surface area contributed by atoms with Crippen molar-refractivity contribution in [2.24, 2.45) is 0 Å². The smallest absolute Gasteiger partial charge is 0.268 e. The third-order valence-corrected chi connectivity index (χ3v) is 9.92. The second kappa shape index (κ2) is 11.2. The van der Waals surface area contributed by atoms with Crippen LogP contribution < -0.4 is 14.2 Å². The first-order chi connectivity index (χ1) is 18.5. The molecular formula is C25H24ClN2O7S4+. The lowest BCUT2D eigenvalue weighted by molar-refractivity contribution is -0.668. The molecule has 2 N–H and O–H groups in total. The maximum atomic E-state index is 11.4. The number of rotatable bonds is 10. The summed E-state index contributed by atoms with van der Waals surface area (Å²) in [6.07, 6.45) is 2.17. The van der Waals surface area contributed by atoms with E-state index in [2.05, 4.69) is 0 Å². The predicted molar refractivity (Wildman–Crippen MR) is 155 cm³/mol. The van der Waals surface area contributed by atoms with Gasteiger partial charge >= 0.3 is 0 Å². The number of aromatic nitrogens is 1. The van der Waals surface area contributed by atoms with Crippen LogP contribution >= 0.6 is 34.3 Å². The second-order valence-corrected chi connectivity index (χ2v) is 14.5. The van der Waals surface area contributed by atoms with E-state index >= 15 is 0 Å². The van der Waals surface area contributed by atoms with Crippen molar-refractivity contribution < 1.29 is 35.2 Å². The molecule has 206 valence electrons. The van der Waals surface area contributed by atoms with Crippen LogP contribution in [0.2, 0.25) is 5.02 Å². The fourth-order valence-corrected chi connectivity index (χ4v) is 7.34. The molecule has 0 radical (unpaired) electrons. The number of benzene rings is 2. The molecule has 9 nitrogen and oxygen atoms in total. The zero-order valence-electron chi connectivity index (χ0n) is 20.4. The zero-order valence-corrected chi connectivity index (χ0v) is 24.4. The van der Waals surface area contributed by atoms with Gasteiger partial charge in [-0.15, -0.1) is 11.3 Å². The summed E-state index contributed by atoms with van der Waals surface area (Å²) in [5.74, 6) is 0.289. The lowest BCUT2D eigenvalue weighted by Gasteiger charge is -2.18. The van der Waals surface area contributed by atoms with E-state index in [9.17, 15) is 25.9 Å². The second-order valence-electron chi connectivity index (χ2n) is 8.88. The molecule has 0 spiro atoms. The molecule has 0 aliphatic carbocycles. The Morgan fingerprint density at radius 1 is 1.00 bits per heavy atom. The summed E-state index contributed by atoms with van der Waals surface area (Å²) in [4.78, 5) is 2.95. The minimum absolute atomic E-state index is 0.165. The first-order valence-corrected chi connectivity index (χ1v) is 17.1. The van der Waals surface area contributed by atoms with Crippen molar-refractivity contribution in [3.05, 3.63) is 69.8 Å². The van der Waals surface area contributed by atoms with Crippen molar-refractivity contribution in [1.29, 1.82) is 0 Å². The molecule has 2 aromatic carbocycles. The maximum absolute atomic E-state index is 11.4. The fourth-order valence-electron chi connectivity index (χ4n) is 4.36. The van der Waals surface area contributed by atoms with Crippen LogP contribution in [0.4, 0.5) is 5.69 Å². The summed E-state index contributed by atoms with van der Waals surface area (Å²) in [6, 6.07) is 15.2. The van der Waals surface area contributed by atoms with Gasteiger partial charge in [-0.2, -0.15) is 21.4 Å². The Morgan fingerprint density at radius 3 is 2.49 bits per heavy atom. The molecule has 4 aromatic rings. The van der Waals surface area contributed by atoms with Crippen molar-refractivity contribution >= 4 is 76.5 Å². The Morgan fingerprint density at radius 2 is 1.77 bits per heavy atom. The van der Waals surface area contributed by atoms with Gasteiger partial charge in [0.05, 0.1) is 23.3 Å². The van der Waals surface area contributed by atoms with E-state index in [1.807, 2.05) is 57.3 Å². The first-order valence-electron chi connectivity index (χ1n) is 11.8. The Balaban J connectivity index is 1.55. The van der Waals surface area contributed by atoms with Crippen LogP contribution in [0, 0.1) is 0 Å². The van der Waals surface area contributed by atoms with E-state index in [0.29, 0.717) is 23.2 Å². The molecule has 0 unspecified atom stereocenters. The number of thiazole rings is 1. The highest BCUT2D eigenvalue weighted by Crippen LogP contribution is 2.43. The highest BCUT2D eigenvalue weighted by Gasteiger charge is 2.30. The average Bonchev–Trinajstić information content (AvgIpc) is 3.57. The number of hydrogen-bond acceptors (Lipinski definition) is 8. The van der Waals surface area contributed by atoms with E-state index in [1.54, 1.807) is 23.5 Å². The van der Waals surface area contributed by atoms with Crippen LogP contribution in [0.15, 0.2) is 59.8 Å². The van der Waals surface area contributed by atoms with Gasteiger partial charge in [-0.3, -0.25) is 9.11 Å². The monoisotopic (exact) mass is 627 g/mol. The minimum atomic E-state index is -4.13. The quantitative estimate of drug-likeness (QED) is 0.179. The number of anilines is 1. The van der Waals surface area contributed by atoms with Crippen molar-refractivity contribution in [1.82, 2.24) is 0 Å². The van der Waals surface area contributed by atoms with Gasteiger partial charge in [0.2, 0.25) is 11.4 Å². The summed E-state index contributed by atoms with van der Waals surface area (Å²) in [5.41, 5.74) is 2.57. The van der Waals surface area contributed by atoms with Crippen molar-refractivity contribution in [2.45, 2.75) is 19.4 Å². The van der Waals surface area contributed by atoms with Gasteiger partial charge in [-0.05, 0) is 53.8 Å². The van der Waals surface area contributed by atoms with Gasteiger partial charge in [-0.25, -0.2) is 0 Å². The van der Waals surface area contributed by atoms with Crippen molar-refractivity contribution in [3.63, 3.8) is 0 Å². The molecule has 14 heteroatoms. The number of aryl methyl sites for hydroxylation is 1. The van der Waals surface area contributed by atoms with Gasteiger partial charge in [0.25, 0.3) is 25.2 Å². The van der Waals surface area contributed by atoms with E-state index in [4.69, 9.17) is 16.3 Å². The lowest BCUT2D eigenvalue weighted by Crippen LogP contribution is -2.36. The lowest BCUT2D eigenvalue weighted by atomic mass is 10.1. The van der Waals surface area contributed by atoms with Gasteiger partial charge in [-0.1, -0.05) is 29.0 Å². The Bertz CT molecular complexity index is 1770. The molecule has 0 atom stereocenters. The van der Waals surface area contributed by atoms with Crippen LogP contribution in [-0.2, 0) is 26.8 Å². The van der Waals surface area contributed by atoms with Crippen molar-refractivity contribution in [3.8, 4) is 16.2 Å². The van der Waals surface area contributed by atoms with Gasteiger partial charge < -0.3 is 9.64 Å². The normalized spacial score (nSPS) is 14.7. The number of nitrogens with zero attached hydrogens (tertiary/aromatic N) is 2. The Kier molecular flexibility index (Phi) is 8.02. The SMILES string of the molecule is O=S(=O)(O)CCCN1C(=Cc2sc3ccc(Cl)cc3[n+]2CCCS(=O)(=O)O)Oc2ccc(-c3cccs3)cc21. The van der Waals surface area contributed by atoms with Crippen LogP contribution in [0.25, 0.3) is 26.7 Å². The number of ether oxygens (including phenoxy) is 1. The summed E-state index contributed by atoms with van der Waals surface area (Å²) < 4.78 is 73.0. The largest absolute Gasteiger partial charge is 0.438 e. The number of thiophene rings is 1. The molecular weight excluding hydrogens is 604 g/mol. The Hall–Kier alpha value is -2.52. The molecule has 39 heavy (non-hydrogen) atoms. The molecule has 5 rings (SSSR count). The fraction of sp³-hybridized carbons (Fsp3) is 0.240. The zero-order chi connectivity index (χ0) is 27.8. The van der Waals surface area contributed by atoms with E-state index < -0.39 is 26.0 Å². The van der Waals surface area contributed by atoms with Crippen LogP contribution in [0.5, 0.6) is 5.75 Å². The highest BCUT2D eigenvalue weighted by atomic mass is 35.5. The minimum Gasteiger partial charge on any atom is -0.438 e. The molecule has 0 amide bonds. The first kappa shape index (κ1) is 28.0. The highest BCUT2D eigenvalue weighted by molar-refractivity contribution is 7.86. The van der Waals surface area contributed by atoms with Crippen LogP contribution in [0.3, 0.4) is 0 Å². The van der Waals surface area contributed by atoms with E-state index in [-0.39, 0.29) is 25.1 Å². The Labute approximate surface area is 239 Å². The van der Waals surface area contributed by atoms with Crippen molar-refractivity contribution in [2.75, 3.05) is 23.0 Å². The predicted octanol–water partition coefficient (Wildman–Crippen LogP) is 5.32. The average molecular weight is 628 g/mol. The number of halogens is 1. The van der Waals surface area contributed by atoms with Gasteiger partial charge in [0.1, 0.15) is 4.70 Å². The molecule has 1 aliphatic rings. The summed E-state index contributed by atoms with van der Waals surface area (Å²) in [6.45, 7) is 0.573. The van der Waals surface area contributed by atoms with Crippen LogP contribution in [-0.4, -0.2) is 44.0 Å². The molecule has 1 aliphatic heterocycles. The van der Waals surface area contributed by atoms with E-state index in [0.717, 1.165) is 31.4 Å². The topological polar surface area (TPSA) is 125 Å². The van der Waals surface area contributed by atoms with Gasteiger partial charge in [0, 0.05) is 28.9 Å². The summed E-state index contributed by atoms with van der Waals surface area (Å²) >= 11 is 9.32. The summed E-state index contributed by atoms with van der Waals surface area (Å²) in [7, 11) is -8.25. The standard InChI is InChI=1S/C25H23ClN2O7S4/c26-18-6-8-23-20(15-18)28(10-3-13-39(32,33)34)25(37-23)16-24-27(9-2-12-38(29,30)31)19-14-17(5-7-21(19)35-24)22-4-1-11-36-22/h1,4-8,11,14-16H,2-3,9-10,12-13H2,(H-,29,30,31,32,33,34)/p+1.